The van der Waals surface area contributed by atoms with Gasteiger partial charge in [0.2, 0.25) is 0 Å². The quantitative estimate of drug-likeness (QED) is 0.735. The number of nitrogens with zero attached hydrogens (tertiary/aromatic N) is 2. The van der Waals surface area contributed by atoms with Gasteiger partial charge in [-0.1, -0.05) is 25.8 Å². The second-order valence-corrected chi connectivity index (χ2v) is 5.89. The van der Waals surface area contributed by atoms with Crippen LogP contribution in [0.2, 0.25) is 0 Å². The molecule has 2 rings (SSSR count). The maximum Gasteiger partial charge on any atom is 0.0294 e. The van der Waals surface area contributed by atoms with Gasteiger partial charge >= 0.3 is 0 Å². The molecular formula is C16H30N2. The van der Waals surface area contributed by atoms with Gasteiger partial charge in [0.25, 0.3) is 0 Å². The molecule has 0 radical (unpaired) electrons. The Morgan fingerprint density at radius 1 is 0.889 bits per heavy atom. The number of piperidine rings is 2. The molecule has 0 aliphatic carbocycles. The minimum atomic E-state index is 0.692. The van der Waals surface area contributed by atoms with Crippen molar-refractivity contribution in [3.05, 3.63) is 12.3 Å². The van der Waals surface area contributed by atoms with Gasteiger partial charge < -0.3 is 4.90 Å². The molecule has 0 saturated carbocycles. The van der Waals surface area contributed by atoms with E-state index >= 15 is 0 Å². The van der Waals surface area contributed by atoms with E-state index in [1.165, 1.54) is 77.5 Å². The zero-order valence-electron chi connectivity index (χ0n) is 12.1. The summed E-state index contributed by atoms with van der Waals surface area (Å²) in [5.74, 6) is 0. The van der Waals surface area contributed by atoms with Crippen LogP contribution in [0.4, 0.5) is 0 Å². The van der Waals surface area contributed by atoms with Gasteiger partial charge in [-0.05, 0) is 57.8 Å². The maximum atomic E-state index is 2.70. The van der Waals surface area contributed by atoms with Crippen molar-refractivity contribution in [2.75, 3.05) is 26.2 Å². The fourth-order valence-electron chi connectivity index (χ4n) is 3.23. The molecular weight excluding hydrogens is 220 g/mol. The fraction of sp³-hybridized carbons (Fsp3) is 0.875. The highest BCUT2D eigenvalue weighted by atomic mass is 15.2. The molecule has 2 saturated heterocycles. The summed E-state index contributed by atoms with van der Waals surface area (Å²) in [4.78, 5) is 5.23. The summed E-state index contributed by atoms with van der Waals surface area (Å²) in [6.07, 6.45) is 15.9. The third-order valence-electron chi connectivity index (χ3n) is 4.35. The molecule has 0 bridgehead atoms. The lowest BCUT2D eigenvalue weighted by Crippen LogP contribution is -2.38. The van der Waals surface area contributed by atoms with Crippen LogP contribution in [0, 0.1) is 0 Å². The van der Waals surface area contributed by atoms with Gasteiger partial charge in [-0.2, -0.15) is 0 Å². The van der Waals surface area contributed by atoms with Crippen LogP contribution in [0.1, 0.15) is 58.3 Å². The molecule has 0 spiro atoms. The van der Waals surface area contributed by atoms with E-state index in [4.69, 9.17) is 0 Å². The number of likely N-dealkylation sites (tertiary alicyclic amines) is 2. The van der Waals surface area contributed by atoms with Crippen molar-refractivity contribution in [3.8, 4) is 0 Å². The molecule has 0 aromatic rings. The van der Waals surface area contributed by atoms with Crippen LogP contribution in [0.5, 0.6) is 0 Å². The molecule has 2 heterocycles. The molecule has 2 fully saturated rings. The van der Waals surface area contributed by atoms with E-state index in [2.05, 4.69) is 29.0 Å². The van der Waals surface area contributed by atoms with Gasteiger partial charge in [-0.25, -0.2) is 0 Å². The van der Waals surface area contributed by atoms with Crippen LogP contribution >= 0.6 is 0 Å². The molecule has 18 heavy (non-hydrogen) atoms. The summed E-state index contributed by atoms with van der Waals surface area (Å²) in [7, 11) is 0. The van der Waals surface area contributed by atoms with Gasteiger partial charge in [0.15, 0.2) is 0 Å². The second kappa shape index (κ2) is 7.83. The smallest absolute Gasteiger partial charge is 0.0294 e. The van der Waals surface area contributed by atoms with Crippen LogP contribution < -0.4 is 0 Å². The zero-order chi connectivity index (χ0) is 12.6. The third kappa shape index (κ3) is 4.31. The Kier molecular flexibility index (Phi) is 6.06. The summed E-state index contributed by atoms with van der Waals surface area (Å²) in [5, 5.41) is 0. The Bertz CT molecular complexity index is 237. The average Bonchev–Trinajstić information content (AvgIpc) is 2.45. The number of hydrogen-bond donors (Lipinski definition) is 0. The summed E-state index contributed by atoms with van der Waals surface area (Å²) in [6.45, 7) is 7.49. The van der Waals surface area contributed by atoms with Crippen molar-refractivity contribution in [1.82, 2.24) is 9.80 Å². The van der Waals surface area contributed by atoms with Crippen LogP contribution in [0.3, 0.4) is 0 Å². The first-order chi connectivity index (χ1) is 8.90. The van der Waals surface area contributed by atoms with E-state index in [-0.39, 0.29) is 0 Å². The van der Waals surface area contributed by atoms with E-state index in [0.717, 1.165) is 0 Å². The minimum Gasteiger partial charge on any atom is -0.378 e. The highest BCUT2D eigenvalue weighted by Crippen LogP contribution is 2.17. The van der Waals surface area contributed by atoms with Crippen molar-refractivity contribution in [3.63, 3.8) is 0 Å². The molecule has 2 aliphatic rings. The average molecular weight is 250 g/mol. The molecule has 2 heteroatoms. The van der Waals surface area contributed by atoms with E-state index in [9.17, 15) is 0 Å². The molecule has 0 N–H and O–H groups in total. The Balaban J connectivity index is 1.85. The predicted octanol–water partition coefficient (Wildman–Crippen LogP) is 3.64. The monoisotopic (exact) mass is 250 g/mol. The molecule has 2 nitrogen and oxygen atoms in total. The van der Waals surface area contributed by atoms with Crippen LogP contribution in [0.15, 0.2) is 12.3 Å². The summed E-state index contributed by atoms with van der Waals surface area (Å²) in [6, 6.07) is 0.692. The molecule has 1 atom stereocenters. The molecule has 1 unspecified atom stereocenters. The van der Waals surface area contributed by atoms with Crippen LogP contribution in [-0.4, -0.2) is 42.0 Å². The first-order valence-corrected chi connectivity index (χ1v) is 8.06. The Labute approximate surface area is 113 Å². The Hall–Kier alpha value is -0.500. The molecule has 0 amide bonds. The van der Waals surface area contributed by atoms with E-state index in [1.54, 1.807) is 0 Å². The van der Waals surface area contributed by atoms with Crippen molar-refractivity contribution >= 4 is 0 Å². The second-order valence-electron chi connectivity index (χ2n) is 5.89. The first kappa shape index (κ1) is 13.9. The Morgan fingerprint density at radius 2 is 1.50 bits per heavy atom. The Morgan fingerprint density at radius 3 is 2.11 bits per heavy atom. The molecule has 0 aromatic heterocycles. The highest BCUT2D eigenvalue weighted by molar-refractivity contribution is 4.95. The van der Waals surface area contributed by atoms with Gasteiger partial charge in [0.05, 0.1) is 0 Å². The summed E-state index contributed by atoms with van der Waals surface area (Å²) < 4.78 is 0. The first-order valence-electron chi connectivity index (χ1n) is 8.06. The van der Waals surface area contributed by atoms with Crippen LogP contribution in [0.25, 0.3) is 0 Å². The lowest BCUT2D eigenvalue weighted by molar-refractivity contribution is 0.181. The zero-order valence-corrected chi connectivity index (χ0v) is 12.1. The van der Waals surface area contributed by atoms with Gasteiger partial charge in [0.1, 0.15) is 0 Å². The largest absolute Gasteiger partial charge is 0.378 e. The van der Waals surface area contributed by atoms with Crippen molar-refractivity contribution < 1.29 is 0 Å². The third-order valence-corrected chi connectivity index (χ3v) is 4.35. The van der Waals surface area contributed by atoms with Gasteiger partial charge in [-0.3, -0.25) is 4.90 Å². The maximum absolute atomic E-state index is 2.70. The molecule has 0 aromatic carbocycles. The fourth-order valence-corrected chi connectivity index (χ4v) is 3.23. The lowest BCUT2D eigenvalue weighted by Gasteiger charge is -2.33. The predicted molar refractivity (Wildman–Crippen MR) is 78.7 cm³/mol. The normalized spacial score (nSPS) is 24.6. The lowest BCUT2D eigenvalue weighted by atomic mass is 10.0. The van der Waals surface area contributed by atoms with E-state index in [1.807, 2.05) is 0 Å². The number of hydrogen-bond acceptors (Lipinski definition) is 2. The van der Waals surface area contributed by atoms with E-state index < -0.39 is 0 Å². The topological polar surface area (TPSA) is 6.48 Å². The van der Waals surface area contributed by atoms with Crippen LogP contribution in [-0.2, 0) is 0 Å². The van der Waals surface area contributed by atoms with Gasteiger partial charge in [0, 0.05) is 19.1 Å². The number of rotatable bonds is 5. The van der Waals surface area contributed by atoms with Crippen molar-refractivity contribution in [2.24, 2.45) is 0 Å². The molecule has 104 valence electrons. The SMILES string of the molecule is CCCC(/C=C/N1CCCCC1)N1CCCCC1. The van der Waals surface area contributed by atoms with E-state index in [0.29, 0.717) is 6.04 Å². The van der Waals surface area contributed by atoms with Crippen molar-refractivity contribution in [2.45, 2.75) is 64.3 Å². The summed E-state index contributed by atoms with van der Waals surface area (Å²) in [5.41, 5.74) is 0. The minimum absolute atomic E-state index is 0.692. The standard InChI is InChI=1S/C16H30N2/c1-2-9-16(18-13-7-4-8-14-18)10-15-17-11-5-3-6-12-17/h10,15-16H,2-9,11-14H2,1H3/b15-10+. The molecule has 2 aliphatic heterocycles. The summed E-state index contributed by atoms with van der Waals surface area (Å²) >= 11 is 0. The van der Waals surface area contributed by atoms with Gasteiger partial charge in [-0.15, -0.1) is 0 Å². The highest BCUT2D eigenvalue weighted by Gasteiger charge is 2.17. The van der Waals surface area contributed by atoms with Crippen molar-refractivity contribution in [1.29, 1.82) is 0 Å².